The highest BCUT2D eigenvalue weighted by atomic mass is 127. The van der Waals surface area contributed by atoms with E-state index in [2.05, 4.69) is 0 Å². The number of nitro groups is 1. The van der Waals surface area contributed by atoms with Crippen molar-refractivity contribution in [2.45, 2.75) is 19.3 Å². The van der Waals surface area contributed by atoms with E-state index >= 15 is 0 Å². The normalized spacial score (nSPS) is 12.0. The molecule has 1 atom stereocenters. The fourth-order valence-electron chi connectivity index (χ4n) is 1.70. The third-order valence-electron chi connectivity index (χ3n) is 2.57. The van der Waals surface area contributed by atoms with Crippen molar-refractivity contribution in [3.63, 3.8) is 0 Å². The molecule has 0 fully saturated rings. The Balaban J connectivity index is 3.04. The molecule has 1 aromatic rings. The van der Waals surface area contributed by atoms with Gasteiger partial charge in [-0.15, -0.1) is 0 Å². The van der Waals surface area contributed by atoms with E-state index in [-0.39, 0.29) is 22.2 Å². The van der Waals surface area contributed by atoms with Crippen LogP contribution in [0.15, 0.2) is 12.1 Å². The van der Waals surface area contributed by atoms with Crippen LogP contribution in [0.1, 0.15) is 24.8 Å². The first-order valence-electron chi connectivity index (χ1n) is 5.77. The number of carbonyl (C=O) groups excluding carboxylic acids is 1. The Morgan fingerprint density at radius 2 is 2.00 bits per heavy atom. The zero-order valence-corrected chi connectivity index (χ0v) is 12.7. The number of ether oxygens (including phenoxy) is 1. The van der Waals surface area contributed by atoms with E-state index < -0.39 is 35.0 Å². The minimum absolute atomic E-state index is 0.0742. The van der Waals surface area contributed by atoms with E-state index in [0.29, 0.717) is 0 Å². The minimum atomic E-state index is -0.926. The largest absolute Gasteiger partial charge is 0.466 e. The van der Waals surface area contributed by atoms with Gasteiger partial charge in [-0.2, -0.15) is 0 Å². The lowest BCUT2D eigenvalue weighted by atomic mass is 9.95. The van der Waals surface area contributed by atoms with Crippen LogP contribution >= 0.6 is 22.6 Å². The maximum atomic E-state index is 13.5. The average molecular weight is 399 g/mol. The highest BCUT2D eigenvalue weighted by Gasteiger charge is 2.24. The Hall–Kier alpha value is -1.32. The van der Waals surface area contributed by atoms with E-state index in [1.807, 2.05) is 0 Å². The molecule has 5 nitrogen and oxygen atoms in total. The van der Waals surface area contributed by atoms with Gasteiger partial charge in [0.2, 0.25) is 6.54 Å². The highest BCUT2D eigenvalue weighted by Crippen LogP contribution is 2.25. The molecule has 0 aliphatic carbocycles. The topological polar surface area (TPSA) is 69.4 Å². The van der Waals surface area contributed by atoms with Crippen molar-refractivity contribution in [2.24, 2.45) is 0 Å². The molecule has 0 aliphatic rings. The minimum Gasteiger partial charge on any atom is -0.466 e. The van der Waals surface area contributed by atoms with Gasteiger partial charge in [0.05, 0.1) is 22.5 Å². The van der Waals surface area contributed by atoms with Crippen LogP contribution in [-0.4, -0.2) is 24.0 Å². The van der Waals surface area contributed by atoms with Crippen LogP contribution in [0, 0.1) is 25.3 Å². The fourth-order valence-corrected chi connectivity index (χ4v) is 2.01. The Morgan fingerprint density at radius 3 is 2.45 bits per heavy atom. The van der Waals surface area contributed by atoms with Crippen molar-refractivity contribution in [3.05, 3.63) is 43.0 Å². The molecular weight excluding hydrogens is 387 g/mol. The van der Waals surface area contributed by atoms with Gasteiger partial charge in [0.1, 0.15) is 11.6 Å². The molecule has 0 heterocycles. The van der Waals surface area contributed by atoms with E-state index in [1.54, 1.807) is 6.92 Å². The molecule has 0 aliphatic heterocycles. The van der Waals surface area contributed by atoms with Gasteiger partial charge in [0.25, 0.3) is 0 Å². The number of nitrogens with zero attached hydrogens (tertiary/aromatic N) is 1. The second kappa shape index (κ2) is 7.46. The van der Waals surface area contributed by atoms with Crippen LogP contribution in [0.5, 0.6) is 0 Å². The number of esters is 1. The quantitative estimate of drug-likeness (QED) is 0.243. The Morgan fingerprint density at radius 1 is 1.45 bits per heavy atom. The monoisotopic (exact) mass is 399 g/mol. The first-order valence-corrected chi connectivity index (χ1v) is 6.84. The number of hydrogen-bond acceptors (Lipinski definition) is 4. The average Bonchev–Trinajstić information content (AvgIpc) is 2.34. The summed E-state index contributed by atoms with van der Waals surface area (Å²) in [6.07, 6.45) is -0.297. The van der Waals surface area contributed by atoms with Crippen LogP contribution in [-0.2, 0) is 9.53 Å². The van der Waals surface area contributed by atoms with Crippen molar-refractivity contribution < 1.29 is 23.2 Å². The van der Waals surface area contributed by atoms with Gasteiger partial charge < -0.3 is 4.74 Å². The van der Waals surface area contributed by atoms with Gasteiger partial charge >= 0.3 is 5.97 Å². The molecule has 0 amide bonds. The number of hydrogen-bond donors (Lipinski definition) is 0. The molecule has 0 radical (unpaired) electrons. The maximum Gasteiger partial charge on any atom is 0.306 e. The number of benzene rings is 1. The molecular formula is C12H12F2INO4. The molecule has 0 saturated carbocycles. The lowest BCUT2D eigenvalue weighted by molar-refractivity contribution is -0.483. The van der Waals surface area contributed by atoms with Crippen LogP contribution in [0.4, 0.5) is 8.78 Å². The van der Waals surface area contributed by atoms with E-state index in [1.165, 1.54) is 22.6 Å². The molecule has 1 rings (SSSR count). The van der Waals surface area contributed by atoms with Gasteiger partial charge in [-0.3, -0.25) is 14.9 Å². The van der Waals surface area contributed by atoms with Crippen molar-refractivity contribution in [1.29, 1.82) is 0 Å². The predicted octanol–water partition coefficient (Wildman–Crippen LogP) is 2.88. The summed E-state index contributed by atoms with van der Waals surface area (Å²) < 4.78 is 31.5. The van der Waals surface area contributed by atoms with Crippen LogP contribution < -0.4 is 0 Å². The van der Waals surface area contributed by atoms with Crippen LogP contribution in [0.3, 0.4) is 0 Å². The Bertz CT molecular complexity index is 501. The van der Waals surface area contributed by atoms with Gasteiger partial charge in [-0.1, -0.05) is 0 Å². The standard InChI is InChI=1S/C12H12F2INO4/c1-2-20-11(17)5-8(6-16(18)19)7-3-9(13)12(15)10(14)4-7/h3-4,8H,2,5-6H2,1H3. The van der Waals surface area contributed by atoms with E-state index in [9.17, 15) is 23.7 Å². The predicted molar refractivity (Wildman–Crippen MR) is 74.9 cm³/mol. The second-order valence-corrected chi connectivity index (χ2v) is 5.10. The van der Waals surface area contributed by atoms with Gasteiger partial charge in [0.15, 0.2) is 0 Å². The summed E-state index contributed by atoms with van der Waals surface area (Å²) in [5.41, 5.74) is 0.0742. The Labute approximate surface area is 127 Å². The third kappa shape index (κ3) is 4.66. The van der Waals surface area contributed by atoms with Gasteiger partial charge in [0, 0.05) is 4.92 Å². The molecule has 0 bridgehead atoms. The number of halogens is 3. The van der Waals surface area contributed by atoms with Crippen molar-refractivity contribution in [2.75, 3.05) is 13.2 Å². The molecule has 0 N–H and O–H groups in total. The third-order valence-corrected chi connectivity index (χ3v) is 3.60. The molecule has 0 spiro atoms. The highest BCUT2D eigenvalue weighted by molar-refractivity contribution is 14.1. The van der Waals surface area contributed by atoms with Crippen molar-refractivity contribution in [3.8, 4) is 0 Å². The summed E-state index contributed by atoms with van der Waals surface area (Å²) in [6, 6.07) is 2.02. The molecule has 110 valence electrons. The van der Waals surface area contributed by atoms with Gasteiger partial charge in [-0.25, -0.2) is 8.78 Å². The van der Waals surface area contributed by atoms with E-state index in [0.717, 1.165) is 12.1 Å². The smallest absolute Gasteiger partial charge is 0.306 e. The summed E-state index contributed by atoms with van der Waals surface area (Å²) in [5, 5.41) is 10.6. The van der Waals surface area contributed by atoms with Crippen LogP contribution in [0.2, 0.25) is 0 Å². The summed E-state index contributed by atoms with van der Waals surface area (Å²) in [6.45, 7) is 1.14. The summed E-state index contributed by atoms with van der Waals surface area (Å²) in [7, 11) is 0. The van der Waals surface area contributed by atoms with Crippen LogP contribution in [0.25, 0.3) is 0 Å². The summed E-state index contributed by atoms with van der Waals surface area (Å²) in [5.74, 6) is -3.18. The van der Waals surface area contributed by atoms with Crippen molar-refractivity contribution >= 4 is 28.6 Å². The second-order valence-electron chi connectivity index (χ2n) is 4.02. The molecule has 8 heteroatoms. The SMILES string of the molecule is CCOC(=O)CC(C[N+](=O)[O-])c1cc(F)c(I)c(F)c1. The molecule has 20 heavy (non-hydrogen) atoms. The first-order chi connectivity index (χ1) is 9.35. The zero-order valence-electron chi connectivity index (χ0n) is 10.6. The molecule has 1 unspecified atom stereocenters. The lowest BCUT2D eigenvalue weighted by Crippen LogP contribution is -2.18. The molecule has 1 aromatic carbocycles. The van der Waals surface area contributed by atoms with Crippen molar-refractivity contribution in [1.82, 2.24) is 0 Å². The lowest BCUT2D eigenvalue weighted by Gasteiger charge is -2.13. The van der Waals surface area contributed by atoms with Gasteiger partial charge in [-0.05, 0) is 47.2 Å². The fraction of sp³-hybridized carbons (Fsp3) is 0.417. The molecule has 0 aromatic heterocycles. The Kier molecular flexibility index (Phi) is 6.24. The number of carbonyl (C=O) groups is 1. The van der Waals surface area contributed by atoms with E-state index in [4.69, 9.17) is 4.74 Å². The maximum absolute atomic E-state index is 13.5. The molecule has 0 saturated heterocycles. The summed E-state index contributed by atoms with van der Waals surface area (Å²) in [4.78, 5) is 21.4. The summed E-state index contributed by atoms with van der Waals surface area (Å²) >= 11 is 1.50. The number of rotatable bonds is 6. The zero-order chi connectivity index (χ0) is 15.3. The first kappa shape index (κ1) is 16.7.